The molecule has 2 heterocycles. The van der Waals surface area contributed by atoms with Gasteiger partial charge in [-0.3, -0.25) is 5.10 Å². The highest BCUT2D eigenvalue weighted by Crippen LogP contribution is 2.33. The first-order valence-electron chi connectivity index (χ1n) is 13.3. The van der Waals surface area contributed by atoms with Gasteiger partial charge in [0.1, 0.15) is 17.2 Å². The van der Waals surface area contributed by atoms with E-state index in [-0.39, 0.29) is 4.90 Å². The van der Waals surface area contributed by atoms with Crippen molar-refractivity contribution < 1.29 is 27.9 Å². The van der Waals surface area contributed by atoms with Gasteiger partial charge in [-0.2, -0.15) is 5.10 Å². The fourth-order valence-corrected chi connectivity index (χ4v) is 5.11. The molecule has 0 radical (unpaired) electrons. The van der Waals surface area contributed by atoms with Gasteiger partial charge in [-0.1, -0.05) is 53.7 Å². The highest BCUT2D eigenvalue weighted by Gasteiger charge is 2.19. The number of rotatable bonds is 8. The summed E-state index contributed by atoms with van der Waals surface area (Å²) in [5.41, 5.74) is 11.0. The Morgan fingerprint density at radius 1 is 0.909 bits per heavy atom. The van der Waals surface area contributed by atoms with Crippen molar-refractivity contribution in [1.29, 1.82) is 0 Å². The molecule has 5 N–H and O–H groups in total. The lowest BCUT2D eigenvalue weighted by Gasteiger charge is -2.10. The Kier molecular flexibility index (Phi) is 8.95. The predicted molar refractivity (Wildman–Crippen MR) is 167 cm³/mol. The Bertz CT molecular complexity index is 1960. The number of nitrogens with two attached hydrogens (primary N) is 1. The first-order chi connectivity index (χ1) is 21.1. The number of methoxy groups -OCH3 is 1. The van der Waals surface area contributed by atoms with Crippen molar-refractivity contribution in [2.45, 2.75) is 11.4 Å². The van der Waals surface area contributed by atoms with Gasteiger partial charge in [0.25, 0.3) is 0 Å². The van der Waals surface area contributed by atoms with Gasteiger partial charge in [0, 0.05) is 22.8 Å². The molecule has 0 spiro atoms. The third-order valence-corrected chi connectivity index (χ3v) is 7.76. The normalized spacial score (nSPS) is 11.1. The number of hydrogen-bond donors (Lipinski definition) is 4. The molecule has 0 aliphatic heterocycles. The Morgan fingerprint density at radius 3 is 2.20 bits per heavy atom. The van der Waals surface area contributed by atoms with Crippen LogP contribution in [0.1, 0.15) is 5.56 Å². The van der Waals surface area contributed by atoms with Crippen molar-refractivity contribution >= 4 is 33.9 Å². The molecule has 12 nitrogen and oxygen atoms in total. The van der Waals surface area contributed by atoms with Crippen molar-refractivity contribution in [1.82, 2.24) is 25.2 Å². The Labute approximate surface area is 253 Å². The first-order valence-corrected chi connectivity index (χ1v) is 15.2. The summed E-state index contributed by atoms with van der Waals surface area (Å²) in [6.07, 6.45) is 1.19. The van der Waals surface area contributed by atoms with Crippen LogP contribution in [0.15, 0.2) is 102 Å². The molecule has 6 aromatic rings. The highest BCUT2D eigenvalue weighted by atomic mass is 32.2. The van der Waals surface area contributed by atoms with Gasteiger partial charge in [0.2, 0.25) is 0 Å². The second-order valence-electron chi connectivity index (χ2n) is 9.72. The molecule has 6 rings (SSSR count). The van der Waals surface area contributed by atoms with Crippen LogP contribution < -0.4 is 15.1 Å². The van der Waals surface area contributed by atoms with Crippen LogP contribution in [0, 0.1) is 0 Å². The Hall–Kier alpha value is -5.18. The summed E-state index contributed by atoms with van der Waals surface area (Å²) in [5, 5.41) is 33.5. The molecule has 0 aliphatic rings. The zero-order chi connectivity index (χ0) is 31.3. The topological polar surface area (TPSA) is 178 Å². The van der Waals surface area contributed by atoms with E-state index in [4.69, 9.17) is 20.5 Å². The van der Waals surface area contributed by atoms with E-state index in [9.17, 15) is 8.42 Å². The SMILES string of the molecule is COc1ccc(OB(O)O)cc1.CS(=O)(=O)c1ccc(-c2c(-c3ccc4[nH]nc(N)c4c3)nnn2Cc2ccccc2)cc1. The van der Waals surface area contributed by atoms with Gasteiger partial charge in [0.15, 0.2) is 15.7 Å². The van der Waals surface area contributed by atoms with Gasteiger partial charge in [-0.15, -0.1) is 5.10 Å². The third-order valence-electron chi connectivity index (χ3n) is 6.63. The maximum Gasteiger partial charge on any atom is 0.707 e. The molecule has 0 amide bonds. The molecule has 0 aliphatic carbocycles. The van der Waals surface area contributed by atoms with Gasteiger partial charge < -0.3 is 25.2 Å². The molecule has 0 atom stereocenters. The maximum atomic E-state index is 11.9. The summed E-state index contributed by atoms with van der Waals surface area (Å²) in [7, 11) is -3.52. The number of benzene rings is 4. The molecule has 0 bridgehead atoms. The van der Waals surface area contributed by atoms with Crippen LogP contribution in [0.5, 0.6) is 11.5 Å². The minimum absolute atomic E-state index is 0.262. The number of H-pyrrole nitrogens is 1. The molecule has 2 aromatic heterocycles. The first kappa shape index (κ1) is 30.3. The monoisotopic (exact) mass is 612 g/mol. The van der Waals surface area contributed by atoms with E-state index in [1.54, 1.807) is 55.6 Å². The lowest BCUT2D eigenvalue weighted by Crippen LogP contribution is -2.20. The van der Waals surface area contributed by atoms with Crippen LogP contribution in [0.4, 0.5) is 5.82 Å². The van der Waals surface area contributed by atoms with Gasteiger partial charge in [-0.25, -0.2) is 13.1 Å². The van der Waals surface area contributed by atoms with Crippen LogP contribution in [-0.2, 0) is 16.4 Å². The number of aromatic amines is 1. The van der Waals surface area contributed by atoms with Crippen molar-refractivity contribution in [3.8, 4) is 34.0 Å². The highest BCUT2D eigenvalue weighted by molar-refractivity contribution is 7.90. The second-order valence-corrected chi connectivity index (χ2v) is 11.7. The number of fused-ring (bicyclic) bond motifs is 1. The Balaban J connectivity index is 0.000000270. The van der Waals surface area contributed by atoms with E-state index in [1.807, 2.05) is 53.2 Å². The smallest absolute Gasteiger partial charge is 0.512 e. The average molecular weight is 612 g/mol. The number of ether oxygens (including phenoxy) is 1. The van der Waals surface area contributed by atoms with Crippen LogP contribution in [0.2, 0.25) is 0 Å². The lowest BCUT2D eigenvalue weighted by atomic mass is 10.0. The third kappa shape index (κ3) is 7.06. The molecule has 224 valence electrons. The van der Waals surface area contributed by atoms with E-state index in [2.05, 4.69) is 25.2 Å². The van der Waals surface area contributed by atoms with E-state index in [0.717, 1.165) is 33.3 Å². The summed E-state index contributed by atoms with van der Waals surface area (Å²) < 4.78 is 35.1. The molecular formula is C30H29BN6O6S. The molecule has 0 saturated carbocycles. The van der Waals surface area contributed by atoms with Crippen molar-refractivity contribution in [2.24, 2.45) is 0 Å². The fourth-order valence-electron chi connectivity index (χ4n) is 4.48. The summed E-state index contributed by atoms with van der Waals surface area (Å²) in [4.78, 5) is 0.262. The van der Waals surface area contributed by atoms with E-state index in [1.165, 1.54) is 6.26 Å². The lowest BCUT2D eigenvalue weighted by molar-refractivity contribution is 0.288. The van der Waals surface area contributed by atoms with E-state index in [0.29, 0.717) is 29.6 Å². The standard InChI is InChI=1S/C23H20N6O2S.C7H9BO4/c1-32(30,31)18-10-7-16(8-11-18)22-21(17-9-12-20-19(13-17)23(24)27-25-20)26-28-29(22)14-15-5-3-2-4-6-15;1-11-6-2-4-7(5-3-6)12-8(9)10/h2-13H,14H2,1H3,(H3,24,25,27);2-5,9-10H,1H3. The minimum Gasteiger partial charge on any atom is -0.512 e. The molecule has 0 fully saturated rings. The predicted octanol–water partition coefficient (Wildman–Crippen LogP) is 3.57. The van der Waals surface area contributed by atoms with Crippen molar-refractivity contribution in [2.75, 3.05) is 19.1 Å². The van der Waals surface area contributed by atoms with Crippen LogP contribution in [0.25, 0.3) is 33.4 Å². The Morgan fingerprint density at radius 2 is 1.57 bits per heavy atom. The molecule has 0 saturated heterocycles. The number of nitrogens with zero attached hydrogens (tertiary/aromatic N) is 4. The maximum absolute atomic E-state index is 11.9. The number of sulfone groups is 1. The minimum atomic E-state index is -3.29. The van der Waals surface area contributed by atoms with Crippen LogP contribution in [-0.4, -0.2) is 64.3 Å². The number of hydrogen-bond acceptors (Lipinski definition) is 10. The molecule has 4 aromatic carbocycles. The van der Waals surface area contributed by atoms with E-state index < -0.39 is 17.2 Å². The second kappa shape index (κ2) is 13.0. The van der Waals surface area contributed by atoms with Gasteiger partial charge in [-0.05, 0) is 54.1 Å². The van der Waals surface area contributed by atoms with Crippen molar-refractivity contribution in [3.05, 3.63) is 103 Å². The molecule has 14 heteroatoms. The molecule has 44 heavy (non-hydrogen) atoms. The van der Waals surface area contributed by atoms with Gasteiger partial charge in [0.05, 0.1) is 29.8 Å². The quantitative estimate of drug-likeness (QED) is 0.186. The fraction of sp³-hybridized carbons (Fsp3) is 0.100. The molecular weight excluding hydrogens is 583 g/mol. The summed E-state index contributed by atoms with van der Waals surface area (Å²) in [5.74, 6) is 1.48. The van der Waals surface area contributed by atoms with Crippen molar-refractivity contribution in [3.63, 3.8) is 0 Å². The zero-order valence-electron chi connectivity index (χ0n) is 23.8. The molecule has 0 unspecified atom stereocenters. The largest absolute Gasteiger partial charge is 0.707 e. The number of aromatic nitrogens is 5. The number of anilines is 1. The summed E-state index contributed by atoms with van der Waals surface area (Å²) in [6.45, 7) is 0.521. The number of nitrogens with one attached hydrogen (secondary N) is 1. The summed E-state index contributed by atoms with van der Waals surface area (Å²) >= 11 is 0. The average Bonchev–Trinajstić information content (AvgIpc) is 3.60. The van der Waals surface area contributed by atoms with Crippen LogP contribution >= 0.6 is 0 Å². The van der Waals surface area contributed by atoms with E-state index >= 15 is 0 Å². The zero-order valence-corrected chi connectivity index (χ0v) is 24.6. The number of nitrogen functional groups attached to an aromatic ring is 1. The van der Waals surface area contributed by atoms with Crippen LogP contribution in [0.3, 0.4) is 0 Å². The summed E-state index contributed by atoms with van der Waals surface area (Å²) in [6, 6.07) is 29.0. The van der Waals surface area contributed by atoms with Gasteiger partial charge >= 0.3 is 7.32 Å².